The Morgan fingerprint density at radius 1 is 0.875 bits per heavy atom. The van der Waals surface area contributed by atoms with Crippen molar-refractivity contribution in [3.63, 3.8) is 0 Å². The predicted molar refractivity (Wildman–Crippen MR) is 157 cm³/mol. The standard InChI is InChI=1S/C31H37Cl3O6/c1-30(2)11-21(35)27(22(36)12-30)26(28-23(37)13-31(3,4)14-24(28)38)17-8-20(34)29(25(9-17)39-5)40-15-16-6-7-18(32)10-19(16)33/h6-10,21,23,26-28,35,37H,11-15H2,1-5H3/t21-,23+,26?,27-,28-/m0/s1. The van der Waals surface area contributed by atoms with Crippen molar-refractivity contribution in [3.05, 3.63) is 56.5 Å². The predicted octanol–water partition coefficient (Wildman–Crippen LogP) is 7.05. The van der Waals surface area contributed by atoms with Gasteiger partial charge in [-0.05, 0) is 53.5 Å². The van der Waals surface area contributed by atoms with Crippen LogP contribution < -0.4 is 9.47 Å². The summed E-state index contributed by atoms with van der Waals surface area (Å²) in [6.07, 6.45) is -0.636. The number of halogens is 3. The minimum absolute atomic E-state index is 0.0959. The summed E-state index contributed by atoms with van der Waals surface area (Å²) in [5.41, 5.74) is 0.492. The van der Waals surface area contributed by atoms with Crippen molar-refractivity contribution >= 4 is 46.4 Å². The van der Waals surface area contributed by atoms with E-state index >= 15 is 0 Å². The number of rotatable bonds is 7. The molecule has 0 spiro atoms. The molecule has 1 unspecified atom stereocenters. The maximum absolute atomic E-state index is 13.6. The molecule has 5 atom stereocenters. The summed E-state index contributed by atoms with van der Waals surface area (Å²) in [7, 11) is 1.47. The van der Waals surface area contributed by atoms with E-state index in [0.717, 1.165) is 0 Å². The Bertz CT molecular complexity index is 1250. The van der Waals surface area contributed by atoms with Crippen LogP contribution in [0.25, 0.3) is 0 Å². The second-order valence-electron chi connectivity index (χ2n) is 12.8. The van der Waals surface area contributed by atoms with Gasteiger partial charge in [-0.2, -0.15) is 0 Å². The molecule has 2 N–H and O–H groups in total. The molecule has 0 aromatic heterocycles. The number of benzene rings is 2. The molecule has 0 saturated heterocycles. The summed E-state index contributed by atoms with van der Waals surface area (Å²) in [4.78, 5) is 27.2. The van der Waals surface area contributed by atoms with Crippen molar-refractivity contribution in [2.45, 2.75) is 78.1 Å². The van der Waals surface area contributed by atoms with Crippen LogP contribution in [0.5, 0.6) is 11.5 Å². The van der Waals surface area contributed by atoms with E-state index < -0.39 is 30.0 Å². The third-order valence-corrected chi connectivity index (χ3v) is 9.07. The van der Waals surface area contributed by atoms with Crippen LogP contribution in [0, 0.1) is 22.7 Å². The SMILES string of the molecule is COc1cc(C([C@@H]2C(=O)CC(C)(C)C[C@H]2O)[C@@H]2C(=O)CC(C)(C)C[C@@H]2O)cc(Cl)c1OCc1ccc(Cl)cc1Cl. The van der Waals surface area contributed by atoms with E-state index in [0.29, 0.717) is 39.8 Å². The van der Waals surface area contributed by atoms with Crippen LogP contribution in [0.4, 0.5) is 0 Å². The van der Waals surface area contributed by atoms with E-state index in [2.05, 4.69) is 0 Å². The lowest BCUT2D eigenvalue weighted by Crippen LogP contribution is -2.51. The summed E-state index contributed by atoms with van der Waals surface area (Å²) in [5, 5.41) is 23.7. The first-order chi connectivity index (χ1) is 18.6. The van der Waals surface area contributed by atoms with Crippen molar-refractivity contribution in [3.8, 4) is 11.5 Å². The van der Waals surface area contributed by atoms with Gasteiger partial charge in [0.1, 0.15) is 18.2 Å². The van der Waals surface area contributed by atoms with Crippen LogP contribution in [-0.4, -0.2) is 41.1 Å². The molecule has 0 heterocycles. The smallest absolute Gasteiger partial charge is 0.180 e. The number of aliphatic hydroxyl groups excluding tert-OH is 2. The molecule has 2 aromatic rings. The van der Waals surface area contributed by atoms with Gasteiger partial charge in [0.25, 0.3) is 0 Å². The van der Waals surface area contributed by atoms with Crippen molar-refractivity contribution in [2.75, 3.05) is 7.11 Å². The number of ketones is 2. The summed E-state index contributed by atoms with van der Waals surface area (Å²) in [5.74, 6) is -2.24. The Morgan fingerprint density at radius 2 is 1.43 bits per heavy atom. The highest BCUT2D eigenvalue weighted by molar-refractivity contribution is 6.35. The van der Waals surface area contributed by atoms with Gasteiger partial charge in [0.15, 0.2) is 11.5 Å². The molecule has 6 nitrogen and oxygen atoms in total. The first-order valence-electron chi connectivity index (χ1n) is 13.5. The van der Waals surface area contributed by atoms with E-state index in [1.165, 1.54) is 7.11 Å². The molecule has 0 amide bonds. The lowest BCUT2D eigenvalue weighted by atomic mass is 9.58. The van der Waals surface area contributed by atoms with Crippen molar-refractivity contribution in [2.24, 2.45) is 22.7 Å². The van der Waals surface area contributed by atoms with Crippen LogP contribution in [0.1, 0.15) is 70.4 Å². The molecule has 2 saturated carbocycles. The molecule has 0 aliphatic heterocycles. The number of Topliss-reactive ketones (excluding diaryl/α,β-unsaturated/α-hetero) is 2. The van der Waals surface area contributed by atoms with Crippen LogP contribution in [0.15, 0.2) is 30.3 Å². The zero-order chi connectivity index (χ0) is 29.6. The fourth-order valence-corrected chi connectivity index (χ4v) is 7.25. The molecule has 0 bridgehead atoms. The molecule has 2 aliphatic carbocycles. The molecule has 4 rings (SSSR count). The zero-order valence-electron chi connectivity index (χ0n) is 23.5. The molecule has 218 valence electrons. The molecule has 2 aliphatic rings. The van der Waals surface area contributed by atoms with E-state index in [-0.39, 0.29) is 52.6 Å². The summed E-state index contributed by atoms with van der Waals surface area (Å²) >= 11 is 19.1. The fourth-order valence-electron chi connectivity index (χ4n) is 6.52. The number of hydrogen-bond acceptors (Lipinski definition) is 6. The molecule has 2 aromatic carbocycles. The van der Waals surface area contributed by atoms with E-state index in [4.69, 9.17) is 44.3 Å². The third kappa shape index (κ3) is 6.63. The Balaban J connectivity index is 1.76. The number of ether oxygens (including phenoxy) is 2. The molecular weight excluding hydrogens is 575 g/mol. The van der Waals surface area contributed by atoms with E-state index in [1.54, 1.807) is 30.3 Å². The minimum Gasteiger partial charge on any atom is -0.493 e. The number of carbonyl (C=O) groups excluding carboxylic acids is 2. The summed E-state index contributed by atoms with van der Waals surface area (Å²) in [6, 6.07) is 8.42. The van der Waals surface area contributed by atoms with Crippen LogP contribution >= 0.6 is 34.8 Å². The molecule has 9 heteroatoms. The summed E-state index contributed by atoms with van der Waals surface area (Å²) < 4.78 is 11.7. The van der Waals surface area contributed by atoms with E-state index in [1.807, 2.05) is 27.7 Å². The fraction of sp³-hybridized carbons (Fsp3) is 0.548. The molecule has 0 radical (unpaired) electrons. The second kappa shape index (κ2) is 11.8. The van der Waals surface area contributed by atoms with Crippen LogP contribution in [0.2, 0.25) is 15.1 Å². The summed E-state index contributed by atoms with van der Waals surface area (Å²) in [6.45, 7) is 7.88. The lowest BCUT2D eigenvalue weighted by Gasteiger charge is -2.46. The highest BCUT2D eigenvalue weighted by Gasteiger charge is 2.52. The van der Waals surface area contributed by atoms with Crippen molar-refractivity contribution in [1.82, 2.24) is 0 Å². The number of methoxy groups -OCH3 is 1. The van der Waals surface area contributed by atoms with Gasteiger partial charge >= 0.3 is 0 Å². The Labute approximate surface area is 250 Å². The van der Waals surface area contributed by atoms with Crippen molar-refractivity contribution < 1.29 is 29.3 Å². The Morgan fingerprint density at radius 3 is 1.90 bits per heavy atom. The van der Waals surface area contributed by atoms with Gasteiger partial charge < -0.3 is 19.7 Å². The van der Waals surface area contributed by atoms with Gasteiger partial charge in [0.2, 0.25) is 0 Å². The van der Waals surface area contributed by atoms with Gasteiger partial charge in [0.05, 0.1) is 36.2 Å². The average Bonchev–Trinajstić information content (AvgIpc) is 2.80. The highest BCUT2D eigenvalue weighted by Crippen LogP contribution is 2.51. The largest absolute Gasteiger partial charge is 0.493 e. The highest BCUT2D eigenvalue weighted by atomic mass is 35.5. The van der Waals surface area contributed by atoms with Gasteiger partial charge in [-0.1, -0.05) is 68.6 Å². The maximum atomic E-state index is 13.6. The first kappa shape index (κ1) is 31.1. The van der Waals surface area contributed by atoms with Gasteiger partial charge in [-0.15, -0.1) is 0 Å². The third-order valence-electron chi connectivity index (χ3n) is 8.20. The number of aliphatic hydroxyl groups is 2. The van der Waals surface area contributed by atoms with Crippen molar-refractivity contribution in [1.29, 1.82) is 0 Å². The van der Waals surface area contributed by atoms with E-state index in [9.17, 15) is 19.8 Å². The number of hydrogen-bond donors (Lipinski definition) is 2. The average molecular weight is 612 g/mol. The normalized spacial score (nSPS) is 26.9. The van der Waals surface area contributed by atoms with Gasteiger partial charge in [-0.25, -0.2) is 0 Å². The zero-order valence-corrected chi connectivity index (χ0v) is 25.7. The quantitative estimate of drug-likeness (QED) is 0.349. The number of carbonyl (C=O) groups is 2. The van der Waals surface area contributed by atoms with Crippen LogP contribution in [0.3, 0.4) is 0 Å². The molecule has 40 heavy (non-hydrogen) atoms. The first-order valence-corrected chi connectivity index (χ1v) is 14.6. The topological polar surface area (TPSA) is 93.1 Å². The van der Waals surface area contributed by atoms with Gasteiger partial charge in [0, 0.05) is 34.4 Å². The van der Waals surface area contributed by atoms with Crippen LogP contribution in [-0.2, 0) is 16.2 Å². The Kier molecular flexibility index (Phi) is 9.19. The monoisotopic (exact) mass is 610 g/mol. The molecular formula is C31H37Cl3O6. The Hall–Kier alpha value is -1.83. The lowest BCUT2D eigenvalue weighted by molar-refractivity contribution is -0.144. The van der Waals surface area contributed by atoms with Gasteiger partial charge in [-0.3, -0.25) is 9.59 Å². The second-order valence-corrected chi connectivity index (χ2v) is 14.0. The minimum atomic E-state index is -0.982. The molecule has 2 fully saturated rings. The maximum Gasteiger partial charge on any atom is 0.180 e.